The third-order valence-electron chi connectivity index (χ3n) is 4.27. The highest BCUT2D eigenvalue weighted by Gasteiger charge is 2.28. The summed E-state index contributed by atoms with van der Waals surface area (Å²) in [5.74, 6) is 1.95. The number of aliphatic imine (C=N–C) groups is 1. The van der Waals surface area contributed by atoms with Gasteiger partial charge in [0, 0.05) is 17.2 Å². The lowest BCUT2D eigenvalue weighted by Crippen LogP contribution is -2.27. The Balaban J connectivity index is 2.06. The Morgan fingerprint density at radius 2 is 1.95 bits per heavy atom. The van der Waals surface area contributed by atoms with Gasteiger partial charge in [-0.05, 0) is 18.9 Å². The van der Waals surface area contributed by atoms with Crippen LogP contribution in [0.3, 0.4) is 0 Å². The Kier molecular flexibility index (Phi) is 3.98. The van der Waals surface area contributed by atoms with Gasteiger partial charge in [0.05, 0.1) is 11.9 Å². The predicted octanol–water partition coefficient (Wildman–Crippen LogP) is 2.75. The number of para-hydroxylation sites is 1. The molecule has 1 aliphatic carbocycles. The normalized spacial score (nSPS) is 19.3. The molecule has 0 radical (unpaired) electrons. The standard InChI is InChI=1S/C17H18N2O2/c20-11-10-19-15-9-5-4-8-14(15)17(18-12-16(19)21)13-6-2-1-3-7-13/h4-5,8-10,13H,1-3,6-7,12H2. The molecule has 0 saturated heterocycles. The molecule has 1 heterocycles. The Morgan fingerprint density at radius 3 is 2.71 bits per heavy atom. The molecule has 0 bridgehead atoms. The highest BCUT2D eigenvalue weighted by Crippen LogP contribution is 2.32. The van der Waals surface area contributed by atoms with Gasteiger partial charge in [-0.2, -0.15) is 0 Å². The summed E-state index contributed by atoms with van der Waals surface area (Å²) in [7, 11) is 0. The molecule has 3 rings (SSSR count). The minimum atomic E-state index is -0.184. The van der Waals surface area contributed by atoms with Gasteiger partial charge < -0.3 is 0 Å². The molecule has 1 amide bonds. The number of hydrogen-bond acceptors (Lipinski definition) is 3. The van der Waals surface area contributed by atoms with Crippen molar-refractivity contribution in [2.24, 2.45) is 10.9 Å². The lowest BCUT2D eigenvalue weighted by atomic mass is 9.83. The second-order valence-corrected chi connectivity index (χ2v) is 5.56. The summed E-state index contributed by atoms with van der Waals surface area (Å²) in [6.07, 6.45) is 7.15. The van der Waals surface area contributed by atoms with Crippen LogP contribution in [-0.2, 0) is 9.59 Å². The minimum Gasteiger partial charge on any atom is -0.279 e. The van der Waals surface area contributed by atoms with E-state index in [-0.39, 0.29) is 12.5 Å². The number of carbonyl (C=O) groups is 1. The molecule has 0 aromatic heterocycles. The van der Waals surface area contributed by atoms with Crippen LogP contribution in [0.2, 0.25) is 0 Å². The van der Waals surface area contributed by atoms with Crippen molar-refractivity contribution in [2.45, 2.75) is 32.1 Å². The van der Waals surface area contributed by atoms with Crippen LogP contribution in [-0.4, -0.2) is 24.1 Å². The van der Waals surface area contributed by atoms with Crippen molar-refractivity contribution in [1.82, 2.24) is 0 Å². The van der Waals surface area contributed by atoms with Crippen molar-refractivity contribution in [3.63, 3.8) is 0 Å². The minimum absolute atomic E-state index is 0.0959. The molecule has 4 nitrogen and oxygen atoms in total. The fraction of sp³-hybridized carbons (Fsp3) is 0.412. The van der Waals surface area contributed by atoms with E-state index < -0.39 is 0 Å². The van der Waals surface area contributed by atoms with Gasteiger partial charge in [0.2, 0.25) is 0 Å². The van der Waals surface area contributed by atoms with Crippen LogP contribution in [0, 0.1) is 5.92 Å². The molecule has 2 aliphatic rings. The van der Waals surface area contributed by atoms with Gasteiger partial charge in [0.15, 0.2) is 0 Å². The molecule has 4 heteroatoms. The third-order valence-corrected chi connectivity index (χ3v) is 4.27. The zero-order valence-electron chi connectivity index (χ0n) is 11.9. The monoisotopic (exact) mass is 282 g/mol. The van der Waals surface area contributed by atoms with Gasteiger partial charge in [0.1, 0.15) is 12.5 Å². The van der Waals surface area contributed by atoms with E-state index in [1.807, 2.05) is 24.3 Å². The molecular formula is C17H18N2O2. The van der Waals surface area contributed by atoms with Crippen LogP contribution in [0.4, 0.5) is 5.69 Å². The Hall–Kier alpha value is -2.19. The number of hydrogen-bond donors (Lipinski definition) is 0. The Bertz CT molecular complexity index is 623. The number of fused-ring (bicyclic) bond motifs is 1. The summed E-state index contributed by atoms with van der Waals surface area (Å²) in [5, 5.41) is 0. The maximum absolute atomic E-state index is 12.2. The van der Waals surface area contributed by atoms with Crippen LogP contribution < -0.4 is 4.90 Å². The number of amides is 1. The SMILES string of the molecule is O=C=CN1C(=O)CN=C(C2CCCCC2)c2ccccc21. The van der Waals surface area contributed by atoms with Gasteiger partial charge >= 0.3 is 0 Å². The average Bonchev–Trinajstić information content (AvgIpc) is 2.67. The maximum Gasteiger partial charge on any atom is 0.253 e. The summed E-state index contributed by atoms with van der Waals surface area (Å²) in [4.78, 5) is 28.9. The molecule has 0 unspecified atom stereocenters. The second kappa shape index (κ2) is 6.06. The first-order chi connectivity index (χ1) is 10.3. The fourth-order valence-corrected chi connectivity index (χ4v) is 3.27. The van der Waals surface area contributed by atoms with Crippen molar-refractivity contribution < 1.29 is 9.59 Å². The number of benzene rings is 1. The number of nitrogens with zero attached hydrogens (tertiary/aromatic N) is 2. The molecule has 108 valence electrons. The molecule has 0 spiro atoms. The summed E-state index contributed by atoms with van der Waals surface area (Å²) < 4.78 is 0. The van der Waals surface area contributed by atoms with Crippen LogP contribution in [0.25, 0.3) is 0 Å². The lowest BCUT2D eigenvalue weighted by Gasteiger charge is -2.24. The van der Waals surface area contributed by atoms with E-state index in [1.165, 1.54) is 30.4 Å². The molecule has 1 saturated carbocycles. The number of benzodiazepines with no additional fused rings is 1. The molecule has 1 aromatic rings. The molecule has 0 atom stereocenters. The van der Waals surface area contributed by atoms with E-state index >= 15 is 0 Å². The van der Waals surface area contributed by atoms with Crippen LogP contribution >= 0.6 is 0 Å². The van der Waals surface area contributed by atoms with E-state index in [0.29, 0.717) is 5.92 Å². The van der Waals surface area contributed by atoms with E-state index in [2.05, 4.69) is 4.99 Å². The topological polar surface area (TPSA) is 49.7 Å². The molecule has 1 aliphatic heterocycles. The second-order valence-electron chi connectivity index (χ2n) is 5.56. The van der Waals surface area contributed by atoms with E-state index in [0.717, 1.165) is 29.8 Å². The fourth-order valence-electron chi connectivity index (χ4n) is 3.27. The molecule has 0 N–H and O–H groups in total. The smallest absolute Gasteiger partial charge is 0.253 e. The zero-order valence-corrected chi connectivity index (χ0v) is 11.9. The van der Waals surface area contributed by atoms with Crippen LogP contribution in [0.5, 0.6) is 0 Å². The Labute approximate surface area is 124 Å². The quantitative estimate of drug-likeness (QED) is 0.783. The number of rotatable bonds is 2. The van der Waals surface area contributed by atoms with Crippen molar-refractivity contribution in [2.75, 3.05) is 11.4 Å². The average molecular weight is 282 g/mol. The number of anilines is 1. The lowest BCUT2D eigenvalue weighted by molar-refractivity contribution is -0.116. The largest absolute Gasteiger partial charge is 0.279 e. The first-order valence-corrected chi connectivity index (χ1v) is 7.48. The highest BCUT2D eigenvalue weighted by atomic mass is 16.2. The maximum atomic E-state index is 12.2. The summed E-state index contributed by atoms with van der Waals surface area (Å²) in [5.41, 5.74) is 2.75. The first-order valence-electron chi connectivity index (χ1n) is 7.48. The molecule has 1 aromatic carbocycles. The van der Waals surface area contributed by atoms with E-state index in [1.54, 1.807) is 5.94 Å². The van der Waals surface area contributed by atoms with Gasteiger partial charge in [-0.3, -0.25) is 14.7 Å². The van der Waals surface area contributed by atoms with Crippen molar-refractivity contribution >= 4 is 23.2 Å². The third kappa shape index (κ3) is 2.67. The van der Waals surface area contributed by atoms with Crippen molar-refractivity contribution in [1.29, 1.82) is 0 Å². The molecule has 21 heavy (non-hydrogen) atoms. The van der Waals surface area contributed by atoms with Crippen LogP contribution in [0.1, 0.15) is 37.7 Å². The van der Waals surface area contributed by atoms with Gasteiger partial charge in [-0.25, -0.2) is 4.79 Å². The van der Waals surface area contributed by atoms with Crippen LogP contribution in [0.15, 0.2) is 35.5 Å². The molecule has 1 fully saturated rings. The number of carbonyl (C=O) groups excluding carboxylic acids is 2. The summed E-state index contributed by atoms with van der Waals surface area (Å²) in [6.45, 7) is 0.0959. The van der Waals surface area contributed by atoms with Crippen molar-refractivity contribution in [3.8, 4) is 0 Å². The van der Waals surface area contributed by atoms with E-state index in [4.69, 9.17) is 0 Å². The Morgan fingerprint density at radius 1 is 1.19 bits per heavy atom. The summed E-state index contributed by atoms with van der Waals surface area (Å²) in [6, 6.07) is 7.69. The van der Waals surface area contributed by atoms with Crippen molar-refractivity contribution in [3.05, 3.63) is 36.0 Å². The van der Waals surface area contributed by atoms with Gasteiger partial charge in [-0.1, -0.05) is 37.5 Å². The van der Waals surface area contributed by atoms with E-state index in [9.17, 15) is 9.59 Å². The first kappa shape index (κ1) is 13.8. The van der Waals surface area contributed by atoms with Gasteiger partial charge in [0.25, 0.3) is 5.91 Å². The van der Waals surface area contributed by atoms with Gasteiger partial charge in [-0.15, -0.1) is 0 Å². The highest BCUT2D eigenvalue weighted by molar-refractivity contribution is 6.13. The molecular weight excluding hydrogens is 264 g/mol. The predicted molar refractivity (Wildman–Crippen MR) is 82.2 cm³/mol. The summed E-state index contributed by atoms with van der Waals surface area (Å²) >= 11 is 0. The zero-order chi connectivity index (χ0) is 14.7.